The number of nitrogens with zero attached hydrogens (tertiary/aromatic N) is 1. The summed E-state index contributed by atoms with van der Waals surface area (Å²) in [5, 5.41) is 0. The molecule has 1 aliphatic rings. The van der Waals surface area contributed by atoms with Crippen LogP contribution in [0.15, 0.2) is 30.3 Å². The minimum atomic E-state index is -0.306. The van der Waals surface area contributed by atoms with Crippen molar-refractivity contribution in [2.24, 2.45) is 0 Å². The number of benzene rings is 1. The second-order valence-electron chi connectivity index (χ2n) is 5.97. The molecule has 0 aliphatic carbocycles. The average Bonchev–Trinajstić information content (AvgIpc) is 2.82. The Morgan fingerprint density at radius 2 is 1.73 bits per heavy atom. The summed E-state index contributed by atoms with van der Waals surface area (Å²) >= 11 is 0. The van der Waals surface area contributed by atoms with E-state index < -0.39 is 0 Å². The third kappa shape index (κ3) is 5.17. The fraction of sp³-hybridized carbons (Fsp3) is 0.556. The highest BCUT2D eigenvalue weighted by molar-refractivity contribution is 5.80. The van der Waals surface area contributed by atoms with Crippen LogP contribution in [0.25, 0.3) is 0 Å². The molecule has 4 nitrogen and oxygen atoms in total. The lowest BCUT2D eigenvalue weighted by Crippen LogP contribution is -2.35. The number of rotatable bonds is 5. The number of hydrogen-bond acceptors (Lipinski definition) is 3. The van der Waals surface area contributed by atoms with Crippen molar-refractivity contribution in [1.82, 2.24) is 4.90 Å². The van der Waals surface area contributed by atoms with E-state index in [4.69, 9.17) is 4.74 Å². The first-order valence-electron chi connectivity index (χ1n) is 8.15. The third-order valence-corrected chi connectivity index (χ3v) is 4.16. The Morgan fingerprint density at radius 1 is 1.09 bits per heavy atom. The highest BCUT2D eigenvalue weighted by Gasteiger charge is 2.18. The maximum absolute atomic E-state index is 12.1. The molecule has 1 fully saturated rings. The molecule has 1 aromatic carbocycles. The quantitative estimate of drug-likeness (QED) is 0.785. The number of hydrogen-bond donors (Lipinski definition) is 0. The van der Waals surface area contributed by atoms with Crippen molar-refractivity contribution in [1.29, 1.82) is 0 Å². The molecule has 1 aliphatic heterocycles. The van der Waals surface area contributed by atoms with Crippen LogP contribution in [0.4, 0.5) is 0 Å². The normalized spacial score (nSPS) is 16.7. The van der Waals surface area contributed by atoms with Gasteiger partial charge in [-0.3, -0.25) is 9.59 Å². The molecule has 22 heavy (non-hydrogen) atoms. The van der Waals surface area contributed by atoms with E-state index in [2.05, 4.69) is 0 Å². The fourth-order valence-electron chi connectivity index (χ4n) is 2.76. The van der Waals surface area contributed by atoms with Gasteiger partial charge >= 0.3 is 5.97 Å². The van der Waals surface area contributed by atoms with E-state index in [0.29, 0.717) is 6.42 Å². The molecule has 2 rings (SSSR count). The summed E-state index contributed by atoms with van der Waals surface area (Å²) in [7, 11) is 0. The number of esters is 1. The molecule has 4 heteroatoms. The molecule has 120 valence electrons. The van der Waals surface area contributed by atoms with Crippen molar-refractivity contribution in [3.05, 3.63) is 35.9 Å². The molecular weight excluding hydrogens is 278 g/mol. The van der Waals surface area contributed by atoms with E-state index >= 15 is 0 Å². The molecule has 0 bridgehead atoms. The van der Waals surface area contributed by atoms with E-state index in [-0.39, 0.29) is 24.4 Å². The minimum absolute atomic E-state index is 0.0670. The molecule has 0 spiro atoms. The van der Waals surface area contributed by atoms with Gasteiger partial charge in [-0.05, 0) is 24.3 Å². The van der Waals surface area contributed by atoms with Crippen LogP contribution in [-0.2, 0) is 14.3 Å². The van der Waals surface area contributed by atoms with Gasteiger partial charge in [0.15, 0.2) is 6.61 Å². The van der Waals surface area contributed by atoms with Crippen LogP contribution in [0.2, 0.25) is 0 Å². The van der Waals surface area contributed by atoms with Crippen molar-refractivity contribution in [3.8, 4) is 0 Å². The van der Waals surface area contributed by atoms with Gasteiger partial charge in [-0.15, -0.1) is 0 Å². The first-order valence-corrected chi connectivity index (χ1v) is 8.15. The monoisotopic (exact) mass is 303 g/mol. The zero-order chi connectivity index (χ0) is 15.8. The van der Waals surface area contributed by atoms with E-state index in [1.54, 1.807) is 0 Å². The van der Waals surface area contributed by atoms with Gasteiger partial charge in [0.25, 0.3) is 5.91 Å². The highest BCUT2D eigenvalue weighted by atomic mass is 16.5. The number of amides is 1. The summed E-state index contributed by atoms with van der Waals surface area (Å²) in [4.78, 5) is 25.8. The topological polar surface area (TPSA) is 46.6 Å². The van der Waals surface area contributed by atoms with Crippen molar-refractivity contribution >= 4 is 11.9 Å². The zero-order valence-corrected chi connectivity index (χ0v) is 13.3. The predicted molar refractivity (Wildman–Crippen MR) is 85.5 cm³/mol. The average molecular weight is 303 g/mol. The van der Waals surface area contributed by atoms with Gasteiger partial charge in [0.2, 0.25) is 0 Å². The summed E-state index contributed by atoms with van der Waals surface area (Å²) in [6, 6.07) is 9.87. The summed E-state index contributed by atoms with van der Waals surface area (Å²) in [5.41, 5.74) is 1.11. The maximum atomic E-state index is 12.1. The van der Waals surface area contributed by atoms with Crippen LogP contribution in [0.3, 0.4) is 0 Å². The summed E-state index contributed by atoms with van der Waals surface area (Å²) in [5.74, 6) is -0.274. The Hall–Kier alpha value is -1.84. The molecule has 0 N–H and O–H groups in total. The van der Waals surface area contributed by atoms with Gasteiger partial charge in [-0.2, -0.15) is 0 Å². The van der Waals surface area contributed by atoms with E-state index in [0.717, 1.165) is 31.5 Å². The smallest absolute Gasteiger partial charge is 0.306 e. The molecule has 1 amide bonds. The standard InChI is InChI=1S/C18H25NO3/c1-15(16-9-5-4-6-10-16)13-18(21)22-14-17(20)19-11-7-2-3-8-12-19/h4-6,9-10,15H,2-3,7-8,11-14H2,1H3. The zero-order valence-electron chi connectivity index (χ0n) is 13.3. The third-order valence-electron chi connectivity index (χ3n) is 4.16. The number of carbonyl (C=O) groups excluding carboxylic acids is 2. The van der Waals surface area contributed by atoms with Crippen molar-refractivity contribution in [3.63, 3.8) is 0 Å². The lowest BCUT2D eigenvalue weighted by molar-refractivity contribution is -0.152. The van der Waals surface area contributed by atoms with E-state index in [1.807, 2.05) is 42.2 Å². The Bertz CT molecular complexity index is 478. The van der Waals surface area contributed by atoms with Crippen LogP contribution >= 0.6 is 0 Å². The highest BCUT2D eigenvalue weighted by Crippen LogP contribution is 2.19. The van der Waals surface area contributed by atoms with Crippen LogP contribution in [0.1, 0.15) is 50.5 Å². The molecule has 0 aromatic heterocycles. The SMILES string of the molecule is CC(CC(=O)OCC(=O)N1CCCCCC1)c1ccccc1. The first kappa shape index (κ1) is 16.5. The van der Waals surface area contributed by atoms with Crippen molar-refractivity contribution < 1.29 is 14.3 Å². The van der Waals surface area contributed by atoms with Crippen LogP contribution in [0, 0.1) is 0 Å². The van der Waals surface area contributed by atoms with Crippen LogP contribution in [-0.4, -0.2) is 36.5 Å². The van der Waals surface area contributed by atoms with Crippen molar-refractivity contribution in [2.75, 3.05) is 19.7 Å². The lowest BCUT2D eigenvalue weighted by Gasteiger charge is -2.20. The minimum Gasteiger partial charge on any atom is -0.456 e. The molecular formula is C18H25NO3. The maximum Gasteiger partial charge on any atom is 0.306 e. The second-order valence-corrected chi connectivity index (χ2v) is 5.97. The largest absolute Gasteiger partial charge is 0.456 e. The first-order chi connectivity index (χ1) is 10.7. The van der Waals surface area contributed by atoms with Crippen LogP contribution in [0.5, 0.6) is 0 Å². The predicted octanol–water partition coefficient (Wildman–Crippen LogP) is 3.13. The summed E-state index contributed by atoms with van der Waals surface area (Å²) < 4.78 is 5.16. The fourth-order valence-corrected chi connectivity index (χ4v) is 2.76. The van der Waals surface area contributed by atoms with E-state index in [9.17, 15) is 9.59 Å². The summed E-state index contributed by atoms with van der Waals surface area (Å²) in [6.45, 7) is 3.45. The molecule has 1 saturated heterocycles. The Balaban J connectivity index is 1.74. The van der Waals surface area contributed by atoms with Crippen LogP contribution < -0.4 is 0 Å². The molecule has 1 aromatic rings. The molecule has 1 heterocycles. The Kier molecular flexibility index (Phi) is 6.44. The molecule has 1 atom stereocenters. The van der Waals surface area contributed by atoms with Gasteiger partial charge in [0.1, 0.15) is 0 Å². The van der Waals surface area contributed by atoms with Gasteiger partial charge in [-0.25, -0.2) is 0 Å². The van der Waals surface area contributed by atoms with Gasteiger partial charge in [0, 0.05) is 13.1 Å². The van der Waals surface area contributed by atoms with E-state index in [1.165, 1.54) is 12.8 Å². The second kappa shape index (κ2) is 8.57. The van der Waals surface area contributed by atoms with Gasteiger partial charge in [-0.1, -0.05) is 50.1 Å². The lowest BCUT2D eigenvalue weighted by atomic mass is 9.98. The molecule has 0 saturated carbocycles. The Labute approximate surface area is 132 Å². The van der Waals surface area contributed by atoms with Gasteiger partial charge < -0.3 is 9.64 Å². The van der Waals surface area contributed by atoms with Crippen molar-refractivity contribution in [2.45, 2.75) is 44.9 Å². The number of likely N-dealkylation sites (tertiary alicyclic amines) is 1. The molecule has 1 unspecified atom stereocenters. The van der Waals surface area contributed by atoms with Gasteiger partial charge in [0.05, 0.1) is 6.42 Å². The molecule has 0 radical (unpaired) electrons. The Morgan fingerprint density at radius 3 is 2.36 bits per heavy atom. The summed E-state index contributed by atoms with van der Waals surface area (Å²) in [6.07, 6.45) is 4.75. The number of ether oxygens (including phenoxy) is 1. The number of carbonyl (C=O) groups is 2.